The third-order valence-electron chi connectivity index (χ3n) is 4.09. The molecule has 10 heteroatoms. The number of nitrogens with zero attached hydrogens (tertiary/aromatic N) is 2. The Hall–Kier alpha value is -1.71. The number of carbonyl (C=O) groups excluding carboxylic acids is 1. The van der Waals surface area contributed by atoms with E-state index in [1.54, 1.807) is 32.0 Å². The van der Waals surface area contributed by atoms with Gasteiger partial charge in [0, 0.05) is 23.7 Å². The van der Waals surface area contributed by atoms with Crippen LogP contribution < -0.4 is 5.32 Å². The number of amides is 1. The van der Waals surface area contributed by atoms with Crippen LogP contribution >= 0.6 is 34.5 Å². The van der Waals surface area contributed by atoms with Crippen LogP contribution in [0.2, 0.25) is 10.0 Å². The molecule has 6 nitrogen and oxygen atoms in total. The van der Waals surface area contributed by atoms with E-state index < -0.39 is 15.9 Å². The van der Waals surface area contributed by atoms with Crippen molar-refractivity contribution in [1.29, 1.82) is 0 Å². The molecule has 148 valence electrons. The van der Waals surface area contributed by atoms with Gasteiger partial charge in [-0.2, -0.15) is 4.31 Å². The van der Waals surface area contributed by atoms with Gasteiger partial charge in [-0.25, -0.2) is 13.4 Å². The number of carbonyl (C=O) groups is 1. The highest BCUT2D eigenvalue weighted by Crippen LogP contribution is 2.30. The third kappa shape index (κ3) is 4.16. The predicted molar refractivity (Wildman–Crippen MR) is 114 cm³/mol. The van der Waals surface area contributed by atoms with Gasteiger partial charge in [0.15, 0.2) is 5.13 Å². The van der Waals surface area contributed by atoms with Crippen LogP contribution in [0.15, 0.2) is 41.3 Å². The van der Waals surface area contributed by atoms with Crippen LogP contribution in [-0.4, -0.2) is 36.7 Å². The maximum Gasteiger partial charge on any atom is 0.257 e. The lowest BCUT2D eigenvalue weighted by Crippen LogP contribution is -2.31. The van der Waals surface area contributed by atoms with E-state index in [9.17, 15) is 13.2 Å². The topological polar surface area (TPSA) is 79.4 Å². The number of nitrogens with one attached hydrogen (secondary N) is 1. The van der Waals surface area contributed by atoms with Gasteiger partial charge in [0.1, 0.15) is 4.90 Å². The van der Waals surface area contributed by atoms with Gasteiger partial charge in [0.05, 0.1) is 15.2 Å². The lowest BCUT2D eigenvalue weighted by molar-refractivity contribution is 0.102. The summed E-state index contributed by atoms with van der Waals surface area (Å²) in [5, 5.41) is 3.74. The van der Waals surface area contributed by atoms with E-state index in [4.69, 9.17) is 23.2 Å². The first-order valence-corrected chi connectivity index (χ1v) is 11.4. The lowest BCUT2D eigenvalue weighted by Gasteiger charge is -2.19. The second kappa shape index (κ2) is 8.34. The highest BCUT2D eigenvalue weighted by molar-refractivity contribution is 7.89. The quantitative estimate of drug-likeness (QED) is 0.571. The summed E-state index contributed by atoms with van der Waals surface area (Å²) in [4.78, 5) is 16.9. The second-order valence-electron chi connectivity index (χ2n) is 5.82. The second-order valence-corrected chi connectivity index (χ2v) is 9.60. The number of benzene rings is 2. The van der Waals surface area contributed by atoms with Gasteiger partial charge < -0.3 is 0 Å². The van der Waals surface area contributed by atoms with Crippen LogP contribution in [0, 0.1) is 0 Å². The number of rotatable bonds is 6. The molecule has 2 aromatic carbocycles. The molecule has 0 aliphatic carbocycles. The van der Waals surface area contributed by atoms with Gasteiger partial charge >= 0.3 is 0 Å². The molecular weight excluding hydrogens is 441 g/mol. The maximum absolute atomic E-state index is 12.8. The van der Waals surface area contributed by atoms with E-state index in [0.29, 0.717) is 28.8 Å². The Bertz CT molecular complexity index is 1140. The molecule has 0 spiro atoms. The highest BCUT2D eigenvalue weighted by atomic mass is 35.5. The van der Waals surface area contributed by atoms with Gasteiger partial charge in [-0.1, -0.05) is 48.4 Å². The van der Waals surface area contributed by atoms with Crippen molar-refractivity contribution < 1.29 is 13.2 Å². The van der Waals surface area contributed by atoms with E-state index >= 15 is 0 Å². The molecular formula is C18H17Cl2N3O3S2. The largest absolute Gasteiger partial charge is 0.298 e. The van der Waals surface area contributed by atoms with Crippen molar-refractivity contribution in [3.8, 4) is 0 Å². The van der Waals surface area contributed by atoms with Crippen LogP contribution in [0.3, 0.4) is 0 Å². The predicted octanol–water partition coefficient (Wildman–Crippen LogP) is 4.89. The van der Waals surface area contributed by atoms with Crippen LogP contribution in [0.25, 0.3) is 10.2 Å². The Morgan fingerprint density at radius 1 is 1.14 bits per heavy atom. The number of hydrogen-bond donors (Lipinski definition) is 1. The number of sulfonamides is 1. The minimum Gasteiger partial charge on any atom is -0.298 e. The normalized spacial score (nSPS) is 11.9. The van der Waals surface area contributed by atoms with Crippen LogP contribution in [0.1, 0.15) is 24.2 Å². The van der Waals surface area contributed by atoms with E-state index in [-0.39, 0.29) is 15.5 Å². The first kappa shape index (κ1) is 21.0. The fraction of sp³-hybridized carbons (Fsp3) is 0.222. The zero-order chi connectivity index (χ0) is 20.5. The molecule has 0 radical (unpaired) electrons. The summed E-state index contributed by atoms with van der Waals surface area (Å²) in [6.45, 7) is 4.09. The van der Waals surface area contributed by atoms with Gasteiger partial charge in [-0.05, 0) is 36.4 Å². The summed E-state index contributed by atoms with van der Waals surface area (Å²) in [5.74, 6) is -0.474. The van der Waals surface area contributed by atoms with Crippen molar-refractivity contribution in [2.75, 3.05) is 18.4 Å². The first-order valence-electron chi connectivity index (χ1n) is 8.43. The number of fused-ring (bicyclic) bond motifs is 1. The molecule has 3 aromatic rings. The molecule has 1 N–H and O–H groups in total. The summed E-state index contributed by atoms with van der Waals surface area (Å²) >= 11 is 13.4. The van der Waals surface area contributed by atoms with Gasteiger partial charge in [-0.15, -0.1) is 0 Å². The fourth-order valence-corrected chi connectivity index (χ4v) is 5.76. The first-order chi connectivity index (χ1) is 13.3. The SMILES string of the molecule is CCN(CC)S(=O)(=O)c1cc(C(=O)Nc2nc3ccc(Cl)cc3s2)ccc1Cl. The molecule has 0 fully saturated rings. The van der Waals surface area contributed by atoms with E-state index in [1.165, 1.54) is 33.8 Å². The average Bonchev–Trinajstić information content (AvgIpc) is 3.03. The zero-order valence-corrected chi connectivity index (χ0v) is 18.2. The summed E-state index contributed by atoms with van der Waals surface area (Å²) in [5.41, 5.74) is 0.887. The van der Waals surface area contributed by atoms with Gasteiger partial charge in [0.25, 0.3) is 5.91 Å². The number of halogens is 2. The molecule has 0 aliphatic rings. The molecule has 0 saturated heterocycles. The Morgan fingerprint density at radius 2 is 1.86 bits per heavy atom. The maximum atomic E-state index is 12.8. The number of thiazole rings is 1. The van der Waals surface area contributed by atoms with E-state index in [1.807, 2.05) is 0 Å². The van der Waals surface area contributed by atoms with Crippen molar-refractivity contribution >= 4 is 65.8 Å². The Kier molecular flexibility index (Phi) is 6.26. The molecule has 3 rings (SSSR count). The number of hydrogen-bond acceptors (Lipinski definition) is 5. The molecule has 0 atom stereocenters. The smallest absolute Gasteiger partial charge is 0.257 e. The molecule has 1 amide bonds. The standard InChI is InChI=1S/C18H17Cl2N3O3S2/c1-3-23(4-2)28(25,26)16-9-11(5-7-13(16)20)17(24)22-18-21-14-8-6-12(19)10-15(14)27-18/h5-10H,3-4H2,1-2H3,(H,21,22,24). The molecule has 0 saturated carbocycles. The zero-order valence-electron chi connectivity index (χ0n) is 15.1. The summed E-state index contributed by atoms with van der Waals surface area (Å²) in [7, 11) is -3.79. The molecule has 0 aliphatic heterocycles. The van der Waals surface area contributed by atoms with Crippen molar-refractivity contribution in [1.82, 2.24) is 9.29 Å². The van der Waals surface area contributed by atoms with Crippen molar-refractivity contribution in [2.45, 2.75) is 18.7 Å². The highest BCUT2D eigenvalue weighted by Gasteiger charge is 2.25. The number of aromatic nitrogens is 1. The van der Waals surface area contributed by atoms with Crippen molar-refractivity contribution in [3.05, 3.63) is 52.0 Å². The fourth-order valence-electron chi connectivity index (χ4n) is 2.67. The average molecular weight is 458 g/mol. The monoisotopic (exact) mass is 457 g/mol. The van der Waals surface area contributed by atoms with Crippen molar-refractivity contribution in [2.24, 2.45) is 0 Å². The summed E-state index contributed by atoms with van der Waals surface area (Å²) in [6, 6.07) is 9.42. The minimum atomic E-state index is -3.79. The minimum absolute atomic E-state index is 0.0677. The molecule has 28 heavy (non-hydrogen) atoms. The van der Waals surface area contributed by atoms with Crippen LogP contribution in [-0.2, 0) is 10.0 Å². The summed E-state index contributed by atoms with van der Waals surface area (Å²) < 4.78 is 27.7. The van der Waals surface area contributed by atoms with E-state index in [2.05, 4.69) is 10.3 Å². The van der Waals surface area contributed by atoms with Crippen LogP contribution in [0.5, 0.6) is 0 Å². The third-order valence-corrected chi connectivity index (χ3v) is 7.79. The molecule has 0 unspecified atom stereocenters. The van der Waals surface area contributed by atoms with Gasteiger partial charge in [-0.3, -0.25) is 10.1 Å². The molecule has 1 aromatic heterocycles. The van der Waals surface area contributed by atoms with E-state index in [0.717, 1.165) is 4.70 Å². The number of anilines is 1. The Balaban J connectivity index is 1.91. The summed E-state index contributed by atoms with van der Waals surface area (Å²) in [6.07, 6.45) is 0. The Morgan fingerprint density at radius 3 is 2.54 bits per heavy atom. The van der Waals surface area contributed by atoms with Crippen LogP contribution in [0.4, 0.5) is 5.13 Å². The molecule has 1 heterocycles. The lowest BCUT2D eigenvalue weighted by atomic mass is 10.2. The Labute approximate surface area is 177 Å². The van der Waals surface area contributed by atoms with Gasteiger partial charge in [0.2, 0.25) is 10.0 Å². The molecule has 0 bridgehead atoms. The van der Waals surface area contributed by atoms with Crippen molar-refractivity contribution in [3.63, 3.8) is 0 Å².